The fraction of sp³-hybridized carbons (Fsp3) is 0.606. The lowest BCUT2D eigenvalue weighted by Gasteiger charge is -2.40. The Balaban J connectivity index is 1.95. The summed E-state index contributed by atoms with van der Waals surface area (Å²) in [5.74, 6) is 0.886. The Labute approximate surface area is 239 Å². The zero-order valence-electron chi connectivity index (χ0n) is 25.6. The Morgan fingerprint density at radius 2 is 1.80 bits per heavy atom. The van der Waals surface area contributed by atoms with E-state index in [9.17, 15) is 18.3 Å². The van der Waals surface area contributed by atoms with Crippen molar-refractivity contribution in [3.63, 3.8) is 0 Å². The van der Waals surface area contributed by atoms with Crippen molar-refractivity contribution >= 4 is 8.32 Å². The number of halogens is 3. The molecule has 0 bridgehead atoms. The van der Waals surface area contributed by atoms with Crippen LogP contribution in [0.5, 0.6) is 0 Å². The van der Waals surface area contributed by atoms with Crippen LogP contribution in [0.15, 0.2) is 36.1 Å². The maximum absolute atomic E-state index is 13.7. The molecule has 2 aromatic rings. The molecule has 0 spiro atoms. The van der Waals surface area contributed by atoms with Crippen LogP contribution in [0.4, 0.5) is 13.2 Å². The van der Waals surface area contributed by atoms with Gasteiger partial charge in [0.25, 0.3) is 0 Å². The standard InChI is InChI=1S/C33H46F3NO2Si/c1-20(2)29-28(30(38)21-12-10-13-22(18-21)33(34,35)36)27(23-16-17-32(6,7)19-25(23)37-29)24-14-11-15-26(24)39-40(8,9)31(3,4)5/h10,12-13,15,18,20,24,30,38H,11,14,16-17,19H2,1-9H3/t24-,30-/m1/s1. The predicted octanol–water partition coefficient (Wildman–Crippen LogP) is 9.60. The van der Waals surface area contributed by atoms with Crippen molar-refractivity contribution in [1.29, 1.82) is 0 Å². The van der Waals surface area contributed by atoms with E-state index in [4.69, 9.17) is 9.41 Å². The molecule has 1 N–H and O–H groups in total. The minimum atomic E-state index is -4.49. The van der Waals surface area contributed by atoms with Gasteiger partial charge in [-0.3, -0.25) is 4.98 Å². The van der Waals surface area contributed by atoms with Crippen molar-refractivity contribution in [2.45, 2.75) is 123 Å². The number of rotatable bonds is 6. The highest BCUT2D eigenvalue weighted by Crippen LogP contribution is 2.50. The maximum Gasteiger partial charge on any atom is 0.416 e. The lowest BCUT2D eigenvalue weighted by Crippen LogP contribution is -2.41. The molecule has 220 valence electrons. The van der Waals surface area contributed by atoms with Crippen LogP contribution in [-0.4, -0.2) is 18.4 Å². The van der Waals surface area contributed by atoms with Gasteiger partial charge in [0.2, 0.25) is 8.32 Å². The van der Waals surface area contributed by atoms with Crippen molar-refractivity contribution in [3.05, 3.63) is 75.3 Å². The van der Waals surface area contributed by atoms with Crippen molar-refractivity contribution in [2.75, 3.05) is 0 Å². The maximum atomic E-state index is 13.7. The number of aliphatic hydroxyl groups excluding tert-OH is 1. The second-order valence-corrected chi connectivity index (χ2v) is 19.1. The van der Waals surface area contributed by atoms with E-state index in [2.05, 4.69) is 53.8 Å². The number of hydrogen-bond acceptors (Lipinski definition) is 3. The van der Waals surface area contributed by atoms with Crippen molar-refractivity contribution in [1.82, 2.24) is 4.98 Å². The number of hydrogen-bond donors (Lipinski definition) is 1. The Morgan fingerprint density at radius 1 is 1.12 bits per heavy atom. The number of aromatic nitrogens is 1. The third-order valence-electron chi connectivity index (χ3n) is 9.21. The minimum Gasteiger partial charge on any atom is -0.546 e. The summed E-state index contributed by atoms with van der Waals surface area (Å²) in [6.07, 6.45) is 0.856. The Hall–Kier alpha value is -2.12. The average Bonchev–Trinajstić information content (AvgIpc) is 3.27. The van der Waals surface area contributed by atoms with Crippen LogP contribution in [0.1, 0.15) is 125 Å². The largest absolute Gasteiger partial charge is 0.546 e. The van der Waals surface area contributed by atoms with Crippen molar-refractivity contribution < 1.29 is 22.7 Å². The molecule has 4 rings (SSSR count). The van der Waals surface area contributed by atoms with E-state index in [1.807, 2.05) is 13.8 Å². The first-order chi connectivity index (χ1) is 18.3. The van der Waals surface area contributed by atoms with Gasteiger partial charge in [-0.05, 0) is 96.5 Å². The molecule has 1 aromatic carbocycles. The molecule has 0 unspecified atom stereocenters. The monoisotopic (exact) mass is 573 g/mol. The van der Waals surface area contributed by atoms with Gasteiger partial charge < -0.3 is 9.53 Å². The molecule has 7 heteroatoms. The van der Waals surface area contributed by atoms with E-state index >= 15 is 0 Å². The Bertz CT molecular complexity index is 1290. The molecular weight excluding hydrogens is 527 g/mol. The zero-order chi connectivity index (χ0) is 29.8. The summed E-state index contributed by atoms with van der Waals surface area (Å²) in [6.45, 7) is 19.8. The molecular formula is C33H46F3NO2Si. The van der Waals surface area contributed by atoms with E-state index < -0.39 is 26.2 Å². The number of fused-ring (bicyclic) bond motifs is 1. The first-order valence-corrected chi connectivity index (χ1v) is 17.5. The molecule has 2 aliphatic rings. The second kappa shape index (κ2) is 10.6. The van der Waals surface area contributed by atoms with Gasteiger partial charge in [0.15, 0.2) is 0 Å². The lowest BCUT2D eigenvalue weighted by molar-refractivity contribution is -0.137. The summed E-state index contributed by atoms with van der Waals surface area (Å²) in [5.41, 5.74) is 4.29. The third kappa shape index (κ3) is 6.06. The van der Waals surface area contributed by atoms with Crippen LogP contribution in [0.25, 0.3) is 0 Å². The van der Waals surface area contributed by atoms with Crippen LogP contribution in [-0.2, 0) is 23.4 Å². The fourth-order valence-corrected chi connectivity index (χ4v) is 6.98. The number of pyridine rings is 1. The summed E-state index contributed by atoms with van der Waals surface area (Å²) >= 11 is 0. The van der Waals surface area contributed by atoms with Crippen LogP contribution >= 0.6 is 0 Å². The second-order valence-electron chi connectivity index (χ2n) is 14.4. The zero-order valence-corrected chi connectivity index (χ0v) is 26.6. The van der Waals surface area contributed by atoms with Gasteiger partial charge in [0, 0.05) is 22.9 Å². The van der Waals surface area contributed by atoms with Crippen LogP contribution in [0.3, 0.4) is 0 Å². The number of nitrogens with zero attached hydrogens (tertiary/aromatic N) is 1. The van der Waals surface area contributed by atoms with Gasteiger partial charge in [-0.2, -0.15) is 13.2 Å². The fourth-order valence-electron chi connectivity index (χ4n) is 5.86. The van der Waals surface area contributed by atoms with Gasteiger partial charge in [-0.15, -0.1) is 0 Å². The molecule has 0 amide bonds. The Kier molecular flexibility index (Phi) is 8.18. The molecule has 0 saturated heterocycles. The Morgan fingerprint density at radius 3 is 2.40 bits per heavy atom. The van der Waals surface area contributed by atoms with Crippen LogP contribution in [0, 0.1) is 5.41 Å². The van der Waals surface area contributed by atoms with E-state index in [1.165, 1.54) is 6.07 Å². The molecule has 40 heavy (non-hydrogen) atoms. The highest BCUT2D eigenvalue weighted by atomic mass is 28.4. The van der Waals surface area contributed by atoms with Crippen LogP contribution < -0.4 is 0 Å². The first-order valence-electron chi connectivity index (χ1n) is 14.6. The van der Waals surface area contributed by atoms with Gasteiger partial charge >= 0.3 is 6.18 Å². The quantitative estimate of drug-likeness (QED) is 0.350. The number of alkyl halides is 3. The molecule has 1 heterocycles. The molecule has 0 fully saturated rings. The first kappa shape index (κ1) is 30.8. The average molecular weight is 574 g/mol. The summed E-state index contributed by atoms with van der Waals surface area (Å²) < 4.78 is 47.9. The van der Waals surface area contributed by atoms with E-state index in [0.717, 1.165) is 72.5 Å². The van der Waals surface area contributed by atoms with Crippen molar-refractivity contribution in [2.24, 2.45) is 5.41 Å². The third-order valence-corrected chi connectivity index (χ3v) is 13.6. The normalized spacial score (nSPS) is 20.4. The van der Waals surface area contributed by atoms with Gasteiger partial charge in [-0.1, -0.05) is 60.6 Å². The molecule has 0 saturated carbocycles. The van der Waals surface area contributed by atoms with Gasteiger partial charge in [0.1, 0.15) is 6.10 Å². The molecule has 1 aromatic heterocycles. The van der Waals surface area contributed by atoms with Crippen molar-refractivity contribution in [3.8, 4) is 0 Å². The molecule has 2 atom stereocenters. The molecule has 2 aliphatic carbocycles. The highest BCUT2D eigenvalue weighted by molar-refractivity contribution is 6.74. The number of aliphatic hydroxyl groups is 1. The number of benzene rings is 1. The predicted molar refractivity (Wildman–Crippen MR) is 158 cm³/mol. The van der Waals surface area contributed by atoms with Crippen LogP contribution in [0.2, 0.25) is 18.1 Å². The number of allylic oxidation sites excluding steroid dienone is 2. The SMILES string of the molecule is CC(C)c1nc2c(c([C@@H]3CCC=C3O[Si](C)(C)C(C)(C)C)c1[C@H](O)c1cccc(C(F)(F)F)c1)CCC(C)(C)C2. The van der Waals surface area contributed by atoms with E-state index in [0.29, 0.717) is 5.56 Å². The molecule has 0 aliphatic heterocycles. The molecule has 3 nitrogen and oxygen atoms in total. The smallest absolute Gasteiger partial charge is 0.416 e. The summed E-state index contributed by atoms with van der Waals surface area (Å²) in [4.78, 5) is 5.16. The van der Waals surface area contributed by atoms with E-state index in [1.54, 1.807) is 6.07 Å². The molecule has 0 radical (unpaired) electrons. The lowest BCUT2D eigenvalue weighted by atomic mass is 9.71. The highest BCUT2D eigenvalue weighted by Gasteiger charge is 2.43. The summed E-state index contributed by atoms with van der Waals surface area (Å²) in [6, 6.07) is 5.11. The minimum absolute atomic E-state index is 0.0142. The summed E-state index contributed by atoms with van der Waals surface area (Å²) in [7, 11) is -2.15. The summed E-state index contributed by atoms with van der Waals surface area (Å²) in [5, 5.41) is 12.0. The topological polar surface area (TPSA) is 42.4 Å². The van der Waals surface area contributed by atoms with E-state index in [-0.39, 0.29) is 27.9 Å². The van der Waals surface area contributed by atoms with Gasteiger partial charge in [0.05, 0.1) is 11.3 Å². The van der Waals surface area contributed by atoms with Gasteiger partial charge in [-0.25, -0.2) is 0 Å².